The Hall–Kier alpha value is -3.97. The van der Waals surface area contributed by atoms with Crippen LogP contribution in [0, 0.1) is 11.8 Å². The van der Waals surface area contributed by atoms with Gasteiger partial charge in [-0.05, 0) is 47.4 Å². The number of nitrogens with one attached hydrogen (secondary N) is 1. The summed E-state index contributed by atoms with van der Waals surface area (Å²) in [7, 11) is 0. The minimum absolute atomic E-state index is 0.254. The molecule has 1 N–H and O–H groups in total. The molecule has 2 bridgehead atoms. The van der Waals surface area contributed by atoms with Crippen LogP contribution in [0.5, 0.6) is 0 Å². The number of halogens is 1. The first kappa shape index (κ1) is 23.4. The van der Waals surface area contributed by atoms with Crippen molar-refractivity contribution in [1.29, 1.82) is 0 Å². The zero-order chi connectivity index (χ0) is 25.8. The van der Waals surface area contributed by atoms with Gasteiger partial charge in [0, 0.05) is 22.5 Å². The summed E-state index contributed by atoms with van der Waals surface area (Å²) in [5.74, 6) is -3.79. The molecule has 3 aliphatic carbocycles. The number of anilines is 1. The Labute approximate surface area is 218 Å². The molecular weight excluding hydrogens is 492 g/mol. The van der Waals surface area contributed by atoms with Gasteiger partial charge in [-0.1, -0.05) is 66.2 Å². The molecule has 1 fully saturated rings. The molecular formula is C29H23ClN2O5. The zero-order valence-corrected chi connectivity index (χ0v) is 20.6. The lowest BCUT2D eigenvalue weighted by atomic mass is 9.55. The second-order valence-electron chi connectivity index (χ2n) is 9.65. The van der Waals surface area contributed by atoms with Crippen molar-refractivity contribution in [1.82, 2.24) is 4.90 Å². The van der Waals surface area contributed by atoms with Crippen LogP contribution in [0.2, 0.25) is 5.02 Å². The lowest BCUT2D eigenvalue weighted by Crippen LogP contribution is -2.45. The summed E-state index contributed by atoms with van der Waals surface area (Å²) in [6, 6.07) is 21.3. The van der Waals surface area contributed by atoms with E-state index in [9.17, 15) is 19.2 Å². The van der Waals surface area contributed by atoms with Crippen LogP contribution in [-0.2, 0) is 23.9 Å². The Morgan fingerprint density at radius 2 is 1.38 bits per heavy atom. The molecule has 186 valence electrons. The second-order valence-corrected chi connectivity index (χ2v) is 10.1. The van der Waals surface area contributed by atoms with Gasteiger partial charge in [-0.3, -0.25) is 19.3 Å². The number of amides is 3. The molecule has 3 atom stereocenters. The molecule has 0 radical (unpaired) electrons. The minimum Gasteiger partial charge on any atom is -0.454 e. The summed E-state index contributed by atoms with van der Waals surface area (Å²) in [6.07, 6.45) is 0. The molecule has 1 heterocycles. The van der Waals surface area contributed by atoms with Crippen LogP contribution in [0.4, 0.5) is 5.69 Å². The molecule has 7 nitrogen and oxygen atoms in total. The summed E-state index contributed by atoms with van der Waals surface area (Å²) < 4.78 is 5.19. The van der Waals surface area contributed by atoms with Gasteiger partial charge in [0.15, 0.2) is 6.61 Å². The van der Waals surface area contributed by atoms with E-state index in [4.69, 9.17) is 16.3 Å². The normalized spacial score (nSPS) is 23.7. The van der Waals surface area contributed by atoms with Crippen molar-refractivity contribution < 1.29 is 23.9 Å². The minimum atomic E-state index is -1.16. The lowest BCUT2D eigenvalue weighted by molar-refractivity contribution is -0.159. The third kappa shape index (κ3) is 3.64. The predicted molar refractivity (Wildman–Crippen MR) is 136 cm³/mol. The van der Waals surface area contributed by atoms with Gasteiger partial charge >= 0.3 is 5.97 Å². The average Bonchev–Trinajstić information content (AvgIpc) is 3.17. The third-order valence-electron chi connectivity index (χ3n) is 7.66. The topological polar surface area (TPSA) is 92.8 Å². The van der Waals surface area contributed by atoms with Crippen LogP contribution >= 0.6 is 11.6 Å². The summed E-state index contributed by atoms with van der Waals surface area (Å²) >= 11 is 5.93. The van der Waals surface area contributed by atoms with Gasteiger partial charge in [-0.2, -0.15) is 0 Å². The number of benzene rings is 3. The Morgan fingerprint density at radius 1 is 0.865 bits per heavy atom. The summed E-state index contributed by atoms with van der Waals surface area (Å²) in [5, 5.41) is 3.05. The van der Waals surface area contributed by atoms with E-state index in [1.54, 1.807) is 24.3 Å². The maximum Gasteiger partial charge on any atom is 0.329 e. The first-order chi connectivity index (χ1) is 17.9. The van der Waals surface area contributed by atoms with Crippen LogP contribution in [-0.4, -0.2) is 41.2 Å². The number of imide groups is 1. The lowest BCUT2D eigenvalue weighted by Gasteiger charge is -2.45. The van der Waals surface area contributed by atoms with E-state index in [2.05, 4.69) is 5.32 Å². The number of ether oxygens (including phenoxy) is 1. The van der Waals surface area contributed by atoms with E-state index in [1.807, 2.05) is 48.5 Å². The van der Waals surface area contributed by atoms with Crippen molar-refractivity contribution in [2.45, 2.75) is 24.8 Å². The number of nitrogens with zero attached hydrogens (tertiary/aromatic N) is 1. The van der Waals surface area contributed by atoms with Crippen molar-refractivity contribution in [3.8, 4) is 0 Å². The summed E-state index contributed by atoms with van der Waals surface area (Å²) in [4.78, 5) is 53.6. The van der Waals surface area contributed by atoms with E-state index in [0.717, 1.165) is 27.2 Å². The number of hydrogen-bond acceptors (Lipinski definition) is 5. The van der Waals surface area contributed by atoms with Gasteiger partial charge in [-0.25, -0.2) is 4.79 Å². The van der Waals surface area contributed by atoms with Crippen molar-refractivity contribution >= 4 is 41.0 Å². The van der Waals surface area contributed by atoms with Gasteiger partial charge in [0.05, 0.1) is 11.8 Å². The zero-order valence-electron chi connectivity index (χ0n) is 19.9. The van der Waals surface area contributed by atoms with Crippen LogP contribution in [0.25, 0.3) is 0 Å². The highest BCUT2D eigenvalue weighted by molar-refractivity contribution is 6.30. The molecule has 1 saturated heterocycles. The number of hydrogen-bond donors (Lipinski definition) is 1. The van der Waals surface area contributed by atoms with Gasteiger partial charge in [0.1, 0.15) is 6.04 Å². The van der Waals surface area contributed by atoms with Gasteiger partial charge < -0.3 is 10.1 Å². The highest BCUT2D eigenvalue weighted by Crippen LogP contribution is 2.61. The number of carbonyl (C=O) groups excluding carboxylic acids is 4. The smallest absolute Gasteiger partial charge is 0.329 e. The van der Waals surface area contributed by atoms with Crippen molar-refractivity contribution in [3.63, 3.8) is 0 Å². The van der Waals surface area contributed by atoms with Crippen LogP contribution < -0.4 is 5.32 Å². The largest absolute Gasteiger partial charge is 0.454 e. The first-order valence-electron chi connectivity index (χ1n) is 12.1. The van der Waals surface area contributed by atoms with Gasteiger partial charge in [0.2, 0.25) is 11.8 Å². The molecule has 0 spiro atoms. The Bertz CT molecular complexity index is 1350. The fourth-order valence-corrected chi connectivity index (χ4v) is 6.40. The molecule has 8 heteroatoms. The van der Waals surface area contributed by atoms with Crippen molar-refractivity contribution in [2.75, 3.05) is 11.9 Å². The molecule has 4 aliphatic rings. The Kier molecular flexibility index (Phi) is 5.60. The summed E-state index contributed by atoms with van der Waals surface area (Å²) in [5.41, 5.74) is 4.70. The average molecular weight is 515 g/mol. The molecule has 0 unspecified atom stereocenters. The maximum absolute atomic E-state index is 13.7. The van der Waals surface area contributed by atoms with Crippen LogP contribution in [0.15, 0.2) is 72.8 Å². The molecule has 0 saturated carbocycles. The third-order valence-corrected chi connectivity index (χ3v) is 7.90. The van der Waals surface area contributed by atoms with Crippen LogP contribution in [0.3, 0.4) is 0 Å². The van der Waals surface area contributed by atoms with E-state index in [1.165, 1.54) is 6.92 Å². The first-order valence-corrected chi connectivity index (χ1v) is 12.5. The molecule has 3 amide bonds. The molecule has 0 aromatic heterocycles. The van der Waals surface area contributed by atoms with Crippen molar-refractivity contribution in [2.24, 2.45) is 11.8 Å². The van der Waals surface area contributed by atoms with Crippen LogP contribution in [0.1, 0.15) is 41.0 Å². The number of carbonyl (C=O) groups is 4. The standard InChI is InChI=1S/C29H23ClN2O5/c1-15(29(36)37-14-22(33)31-17-8-6-7-16(30)13-17)32-27(34)25-23-18-9-2-3-10-19(18)24(26(25)28(32)35)21-12-5-4-11-20(21)23/h2-13,15,23-26H,14H2,1H3,(H,31,33)/t15-,23?,24?,25-,26+/m0/s1. The monoisotopic (exact) mass is 514 g/mol. The fraction of sp³-hybridized carbons (Fsp3) is 0.241. The molecule has 3 aromatic carbocycles. The fourth-order valence-electron chi connectivity index (χ4n) is 6.21. The number of esters is 1. The molecule has 37 heavy (non-hydrogen) atoms. The summed E-state index contributed by atoms with van der Waals surface area (Å²) in [6.45, 7) is 0.910. The Morgan fingerprint density at radius 3 is 1.86 bits per heavy atom. The molecule has 3 aromatic rings. The highest BCUT2D eigenvalue weighted by Gasteiger charge is 2.62. The molecule has 7 rings (SSSR count). The van der Waals surface area contributed by atoms with E-state index in [0.29, 0.717) is 10.7 Å². The van der Waals surface area contributed by atoms with Gasteiger partial charge in [-0.15, -0.1) is 0 Å². The SMILES string of the molecule is C[C@@H](C(=O)OCC(=O)Nc1cccc(Cl)c1)N1C(=O)[C@@H]2C3c4ccccc4C(c4ccccc43)[C@@H]2C1=O. The van der Waals surface area contributed by atoms with E-state index < -0.39 is 36.4 Å². The van der Waals surface area contributed by atoms with Gasteiger partial charge in [0.25, 0.3) is 5.91 Å². The number of likely N-dealkylation sites (tertiary alicyclic amines) is 1. The van der Waals surface area contributed by atoms with Crippen molar-refractivity contribution in [3.05, 3.63) is 100 Å². The second kappa shape index (κ2) is 8.85. The number of rotatable bonds is 5. The molecule has 1 aliphatic heterocycles. The maximum atomic E-state index is 13.7. The highest BCUT2D eigenvalue weighted by atomic mass is 35.5. The van der Waals surface area contributed by atoms with E-state index >= 15 is 0 Å². The predicted octanol–water partition coefficient (Wildman–Crippen LogP) is 4.10. The quantitative estimate of drug-likeness (QED) is 0.409. The van der Waals surface area contributed by atoms with E-state index in [-0.39, 0.29) is 23.7 Å². The Balaban J connectivity index is 1.22.